The van der Waals surface area contributed by atoms with Crippen molar-refractivity contribution in [3.05, 3.63) is 34.8 Å². The van der Waals surface area contributed by atoms with Gasteiger partial charge in [-0.1, -0.05) is 37.3 Å². The molecular formula is C19H26N4O3S2. The van der Waals surface area contributed by atoms with Gasteiger partial charge in [0.1, 0.15) is 5.01 Å². The molecule has 1 aliphatic heterocycles. The molecule has 0 aliphatic carbocycles. The van der Waals surface area contributed by atoms with Crippen molar-refractivity contribution in [3.8, 4) is 0 Å². The molecule has 1 N–H and O–H groups in total. The van der Waals surface area contributed by atoms with Gasteiger partial charge in [0, 0.05) is 25.1 Å². The summed E-state index contributed by atoms with van der Waals surface area (Å²) in [6.07, 6.45) is 3.76. The summed E-state index contributed by atoms with van der Waals surface area (Å²) in [7, 11) is -3.58. The molecule has 2 aromatic rings. The average molecular weight is 423 g/mol. The zero-order valence-corrected chi connectivity index (χ0v) is 17.9. The van der Waals surface area contributed by atoms with Crippen LogP contribution in [0.4, 0.5) is 5.13 Å². The molecule has 1 atom stereocenters. The molecule has 28 heavy (non-hydrogen) atoms. The Bertz CT molecular complexity index is 927. The SMILES string of the molecule is CCCc1nnc(NCC(=O)c2cccc(S(=O)(=O)N3CCCC(C)C3)c2)s1. The lowest BCUT2D eigenvalue weighted by Gasteiger charge is -2.30. The van der Waals surface area contributed by atoms with E-state index in [-0.39, 0.29) is 17.2 Å². The molecule has 1 aromatic heterocycles. The molecular weight excluding hydrogens is 396 g/mol. The van der Waals surface area contributed by atoms with Gasteiger partial charge >= 0.3 is 0 Å². The zero-order chi connectivity index (χ0) is 20.1. The van der Waals surface area contributed by atoms with E-state index in [9.17, 15) is 13.2 Å². The van der Waals surface area contributed by atoms with Crippen LogP contribution in [0.2, 0.25) is 0 Å². The van der Waals surface area contributed by atoms with Crippen molar-refractivity contribution in [3.63, 3.8) is 0 Å². The minimum atomic E-state index is -3.58. The van der Waals surface area contributed by atoms with Crippen molar-refractivity contribution in [2.45, 2.75) is 44.4 Å². The second-order valence-corrected chi connectivity index (χ2v) is 10.2. The Balaban J connectivity index is 1.68. The lowest BCUT2D eigenvalue weighted by molar-refractivity contribution is 0.101. The highest BCUT2D eigenvalue weighted by Crippen LogP contribution is 2.24. The lowest BCUT2D eigenvalue weighted by Crippen LogP contribution is -2.39. The van der Waals surface area contributed by atoms with Crippen LogP contribution in [0.25, 0.3) is 0 Å². The molecule has 0 radical (unpaired) electrons. The number of hydrogen-bond donors (Lipinski definition) is 1. The molecule has 0 amide bonds. The minimum Gasteiger partial charge on any atom is -0.353 e. The number of carbonyl (C=O) groups excluding carboxylic acids is 1. The maximum Gasteiger partial charge on any atom is 0.243 e. The molecule has 3 rings (SSSR count). The Kier molecular flexibility index (Phi) is 6.79. The summed E-state index contributed by atoms with van der Waals surface area (Å²) in [4.78, 5) is 12.7. The highest BCUT2D eigenvalue weighted by Gasteiger charge is 2.29. The number of piperidine rings is 1. The Morgan fingerprint density at radius 2 is 2.18 bits per heavy atom. The van der Waals surface area contributed by atoms with E-state index in [2.05, 4.69) is 29.4 Å². The predicted molar refractivity (Wildman–Crippen MR) is 110 cm³/mol. The van der Waals surface area contributed by atoms with Crippen LogP contribution < -0.4 is 5.32 Å². The standard InChI is InChI=1S/C19H26N4O3S2/c1-3-6-18-21-22-19(27-18)20-12-17(24)15-8-4-9-16(11-15)28(25,26)23-10-5-7-14(2)13-23/h4,8-9,11,14H,3,5-7,10,12-13H2,1-2H3,(H,20,22). The van der Waals surface area contributed by atoms with Gasteiger partial charge in [-0.15, -0.1) is 10.2 Å². The number of benzene rings is 1. The van der Waals surface area contributed by atoms with Crippen LogP contribution in [0.5, 0.6) is 0 Å². The van der Waals surface area contributed by atoms with E-state index < -0.39 is 10.0 Å². The maximum absolute atomic E-state index is 12.9. The molecule has 1 aromatic carbocycles. The molecule has 1 saturated heterocycles. The fraction of sp³-hybridized carbons (Fsp3) is 0.526. The lowest BCUT2D eigenvalue weighted by atomic mass is 10.0. The van der Waals surface area contributed by atoms with Crippen LogP contribution in [0.1, 0.15) is 48.5 Å². The largest absolute Gasteiger partial charge is 0.353 e. The van der Waals surface area contributed by atoms with Crippen LogP contribution >= 0.6 is 11.3 Å². The predicted octanol–water partition coefficient (Wildman–Crippen LogP) is 3.21. The summed E-state index contributed by atoms with van der Waals surface area (Å²) in [5, 5.41) is 12.6. The van der Waals surface area contributed by atoms with Gasteiger partial charge in [0.25, 0.3) is 0 Å². The number of carbonyl (C=O) groups is 1. The van der Waals surface area contributed by atoms with Crippen molar-refractivity contribution in [1.29, 1.82) is 0 Å². The number of rotatable bonds is 8. The Morgan fingerprint density at radius 1 is 1.36 bits per heavy atom. The van der Waals surface area contributed by atoms with Crippen molar-refractivity contribution in [2.75, 3.05) is 25.0 Å². The van der Waals surface area contributed by atoms with Gasteiger partial charge in [-0.05, 0) is 37.3 Å². The molecule has 2 heterocycles. The smallest absolute Gasteiger partial charge is 0.243 e. The number of Topliss-reactive ketones (excluding diaryl/α,β-unsaturated/α-hetero) is 1. The van der Waals surface area contributed by atoms with Crippen molar-refractivity contribution in [2.24, 2.45) is 5.92 Å². The van der Waals surface area contributed by atoms with Crippen LogP contribution in [-0.2, 0) is 16.4 Å². The van der Waals surface area contributed by atoms with Gasteiger partial charge in [-0.25, -0.2) is 8.42 Å². The number of anilines is 1. The number of aromatic nitrogens is 2. The number of aryl methyl sites for hydroxylation is 1. The second kappa shape index (κ2) is 9.11. The van der Waals surface area contributed by atoms with E-state index in [0.717, 1.165) is 30.7 Å². The monoisotopic (exact) mass is 422 g/mol. The molecule has 7 nitrogen and oxygen atoms in total. The second-order valence-electron chi connectivity index (χ2n) is 7.17. The third kappa shape index (κ3) is 4.95. The molecule has 9 heteroatoms. The van der Waals surface area contributed by atoms with Crippen LogP contribution in [-0.4, -0.2) is 48.3 Å². The summed E-state index contributed by atoms with van der Waals surface area (Å²) in [5.41, 5.74) is 0.372. The highest BCUT2D eigenvalue weighted by atomic mass is 32.2. The van der Waals surface area contributed by atoms with Crippen molar-refractivity contribution < 1.29 is 13.2 Å². The molecule has 0 saturated carbocycles. The third-order valence-electron chi connectivity index (χ3n) is 4.74. The minimum absolute atomic E-state index is 0.0466. The number of nitrogens with one attached hydrogen (secondary N) is 1. The molecule has 0 bridgehead atoms. The molecule has 1 unspecified atom stereocenters. The van der Waals surface area contributed by atoms with E-state index in [4.69, 9.17) is 0 Å². The molecule has 1 aliphatic rings. The van der Waals surface area contributed by atoms with Gasteiger partial charge in [-0.3, -0.25) is 4.79 Å². The summed E-state index contributed by atoms with van der Waals surface area (Å²) in [5.74, 6) is 0.165. The average Bonchev–Trinajstić information content (AvgIpc) is 3.14. The van der Waals surface area contributed by atoms with E-state index in [1.54, 1.807) is 18.2 Å². The van der Waals surface area contributed by atoms with E-state index in [1.165, 1.54) is 21.7 Å². The van der Waals surface area contributed by atoms with E-state index >= 15 is 0 Å². The van der Waals surface area contributed by atoms with E-state index in [0.29, 0.717) is 29.7 Å². The topological polar surface area (TPSA) is 92.3 Å². The van der Waals surface area contributed by atoms with Crippen molar-refractivity contribution in [1.82, 2.24) is 14.5 Å². The first-order chi connectivity index (χ1) is 13.4. The van der Waals surface area contributed by atoms with Gasteiger partial charge in [-0.2, -0.15) is 4.31 Å². The number of nitrogens with zero attached hydrogens (tertiary/aromatic N) is 3. The quantitative estimate of drug-likeness (QED) is 0.657. The summed E-state index contributed by atoms with van der Waals surface area (Å²) in [6, 6.07) is 6.30. The fourth-order valence-corrected chi connectivity index (χ4v) is 5.72. The van der Waals surface area contributed by atoms with Crippen LogP contribution in [0.15, 0.2) is 29.2 Å². The maximum atomic E-state index is 12.9. The Hall–Kier alpha value is -1.84. The van der Waals surface area contributed by atoms with Gasteiger partial charge in [0.05, 0.1) is 11.4 Å². The Labute approximate surface area is 170 Å². The Morgan fingerprint density at radius 3 is 2.93 bits per heavy atom. The molecule has 152 valence electrons. The number of sulfonamides is 1. The van der Waals surface area contributed by atoms with Crippen molar-refractivity contribution >= 4 is 32.3 Å². The zero-order valence-electron chi connectivity index (χ0n) is 16.2. The van der Waals surface area contributed by atoms with Gasteiger partial charge in [0.15, 0.2) is 5.78 Å². The van der Waals surface area contributed by atoms with E-state index in [1.807, 2.05) is 0 Å². The number of hydrogen-bond acceptors (Lipinski definition) is 7. The first kappa shape index (κ1) is 20.9. The highest BCUT2D eigenvalue weighted by molar-refractivity contribution is 7.89. The van der Waals surface area contributed by atoms with Gasteiger partial charge < -0.3 is 5.32 Å². The molecule has 1 fully saturated rings. The third-order valence-corrected chi connectivity index (χ3v) is 7.55. The van der Waals surface area contributed by atoms with Gasteiger partial charge in [0.2, 0.25) is 15.2 Å². The normalized spacial score (nSPS) is 18.1. The summed E-state index contributed by atoms with van der Waals surface area (Å²) in [6.45, 7) is 5.24. The summed E-state index contributed by atoms with van der Waals surface area (Å²) < 4.78 is 27.4. The molecule has 0 spiro atoms. The van der Waals surface area contributed by atoms with Crippen LogP contribution in [0, 0.1) is 5.92 Å². The summed E-state index contributed by atoms with van der Waals surface area (Å²) >= 11 is 1.43. The first-order valence-electron chi connectivity index (χ1n) is 9.60. The van der Waals surface area contributed by atoms with Crippen LogP contribution in [0.3, 0.4) is 0 Å². The number of ketones is 1. The fourth-order valence-electron chi connectivity index (χ4n) is 3.24. The first-order valence-corrected chi connectivity index (χ1v) is 11.9.